The predicted molar refractivity (Wildman–Crippen MR) is 80.4 cm³/mol. The quantitative estimate of drug-likeness (QED) is 0.668. The number of nitrogens with two attached hydrogens (primary N) is 1. The monoisotopic (exact) mass is 314 g/mol. The summed E-state index contributed by atoms with van der Waals surface area (Å²) in [4.78, 5) is 48.3. The van der Waals surface area contributed by atoms with E-state index in [4.69, 9.17) is 5.73 Å². The van der Waals surface area contributed by atoms with Crippen molar-refractivity contribution in [3.05, 3.63) is 51.7 Å². The summed E-state index contributed by atoms with van der Waals surface area (Å²) >= 11 is 1.31. The molecule has 0 fully saturated rings. The number of ketones is 3. The summed E-state index contributed by atoms with van der Waals surface area (Å²) in [6.07, 6.45) is 0. The number of nitrogens with one attached hydrogen (secondary N) is 1. The van der Waals surface area contributed by atoms with E-state index in [-0.39, 0.29) is 16.8 Å². The number of rotatable bonds is 3. The van der Waals surface area contributed by atoms with Gasteiger partial charge in [-0.3, -0.25) is 14.4 Å². The minimum absolute atomic E-state index is 0.0416. The first kappa shape index (κ1) is 14.2. The molecule has 1 aromatic heterocycles. The van der Waals surface area contributed by atoms with Crippen LogP contribution in [-0.2, 0) is 0 Å². The first-order valence-electron chi connectivity index (χ1n) is 6.35. The van der Waals surface area contributed by atoms with Crippen molar-refractivity contribution in [3.63, 3.8) is 0 Å². The molecule has 1 aliphatic rings. The summed E-state index contributed by atoms with van der Waals surface area (Å²) in [6.45, 7) is 0. The Balaban J connectivity index is 2.05. The molecular formula is C15H10N2O4S. The maximum Gasteiger partial charge on any atom is 0.316 e. The Kier molecular flexibility index (Phi) is 3.34. The van der Waals surface area contributed by atoms with Gasteiger partial charge in [0.15, 0.2) is 17.3 Å². The Labute approximate surface area is 128 Å². The minimum atomic E-state index is -1.39. The molecule has 1 aromatic carbocycles. The Bertz CT molecular complexity index is 811. The SMILES string of the molecule is NC(=O)Nc1cccc2c1C(=O)C(C(=O)c1ccsc1)C2=O. The molecule has 0 bridgehead atoms. The second-order valence-electron chi connectivity index (χ2n) is 4.76. The molecule has 0 aliphatic heterocycles. The van der Waals surface area contributed by atoms with Gasteiger partial charge < -0.3 is 11.1 Å². The number of primary amides is 1. The zero-order valence-electron chi connectivity index (χ0n) is 11.2. The summed E-state index contributed by atoms with van der Waals surface area (Å²) in [5.74, 6) is -3.08. The molecule has 0 spiro atoms. The third-order valence-electron chi connectivity index (χ3n) is 3.43. The molecule has 110 valence electrons. The van der Waals surface area contributed by atoms with Crippen molar-refractivity contribution in [2.75, 3.05) is 5.32 Å². The predicted octanol–water partition coefficient (Wildman–Crippen LogP) is 2.12. The normalized spacial score (nSPS) is 16.5. The van der Waals surface area contributed by atoms with E-state index in [9.17, 15) is 19.2 Å². The smallest absolute Gasteiger partial charge is 0.316 e. The second kappa shape index (κ2) is 5.19. The van der Waals surface area contributed by atoms with E-state index in [0.29, 0.717) is 5.56 Å². The molecule has 0 saturated carbocycles. The lowest BCUT2D eigenvalue weighted by atomic mass is 9.95. The summed E-state index contributed by atoms with van der Waals surface area (Å²) < 4.78 is 0. The number of carbonyl (C=O) groups excluding carboxylic acids is 4. The van der Waals surface area contributed by atoms with Gasteiger partial charge in [0, 0.05) is 16.5 Å². The summed E-state index contributed by atoms with van der Waals surface area (Å²) in [5, 5.41) is 5.60. The van der Waals surface area contributed by atoms with Crippen LogP contribution in [0.5, 0.6) is 0 Å². The largest absolute Gasteiger partial charge is 0.351 e. The maximum atomic E-state index is 12.5. The lowest BCUT2D eigenvalue weighted by molar-refractivity contribution is 0.0757. The maximum absolute atomic E-state index is 12.5. The molecule has 0 saturated heterocycles. The van der Waals surface area contributed by atoms with Gasteiger partial charge >= 0.3 is 6.03 Å². The van der Waals surface area contributed by atoms with Crippen LogP contribution in [0.4, 0.5) is 10.5 Å². The Hall–Kier alpha value is -2.80. The number of urea groups is 1. The zero-order valence-corrected chi connectivity index (χ0v) is 12.0. The highest BCUT2D eigenvalue weighted by Crippen LogP contribution is 2.34. The average molecular weight is 314 g/mol. The molecule has 6 nitrogen and oxygen atoms in total. The van der Waals surface area contributed by atoms with Crippen LogP contribution in [0.3, 0.4) is 0 Å². The van der Waals surface area contributed by atoms with E-state index in [1.165, 1.54) is 29.5 Å². The van der Waals surface area contributed by atoms with Crippen LogP contribution in [0.1, 0.15) is 31.1 Å². The van der Waals surface area contributed by atoms with Gasteiger partial charge in [0.05, 0.1) is 11.3 Å². The Morgan fingerprint density at radius 2 is 1.91 bits per heavy atom. The number of Topliss-reactive ketones (excluding diaryl/α,β-unsaturated/α-hetero) is 3. The van der Waals surface area contributed by atoms with Gasteiger partial charge in [0.25, 0.3) is 0 Å². The van der Waals surface area contributed by atoms with E-state index >= 15 is 0 Å². The van der Waals surface area contributed by atoms with Crippen LogP contribution in [0, 0.1) is 5.92 Å². The first-order chi connectivity index (χ1) is 10.5. The van der Waals surface area contributed by atoms with E-state index in [1.807, 2.05) is 0 Å². The number of anilines is 1. The molecule has 22 heavy (non-hydrogen) atoms. The van der Waals surface area contributed by atoms with Crippen LogP contribution >= 0.6 is 11.3 Å². The third-order valence-corrected chi connectivity index (χ3v) is 4.11. The van der Waals surface area contributed by atoms with E-state index < -0.39 is 29.3 Å². The number of hydrogen-bond donors (Lipinski definition) is 2. The van der Waals surface area contributed by atoms with Crippen LogP contribution in [-0.4, -0.2) is 23.4 Å². The van der Waals surface area contributed by atoms with Gasteiger partial charge in [-0.2, -0.15) is 11.3 Å². The Morgan fingerprint density at radius 3 is 2.55 bits per heavy atom. The van der Waals surface area contributed by atoms with Crippen molar-refractivity contribution in [2.45, 2.75) is 0 Å². The zero-order chi connectivity index (χ0) is 15.9. The molecule has 3 N–H and O–H groups in total. The van der Waals surface area contributed by atoms with Gasteiger partial charge in [-0.05, 0) is 17.5 Å². The van der Waals surface area contributed by atoms with Crippen molar-refractivity contribution >= 4 is 40.4 Å². The van der Waals surface area contributed by atoms with E-state index in [2.05, 4.69) is 5.32 Å². The van der Waals surface area contributed by atoms with Crippen molar-refractivity contribution in [2.24, 2.45) is 11.7 Å². The van der Waals surface area contributed by atoms with Crippen LogP contribution in [0.25, 0.3) is 0 Å². The molecule has 1 atom stereocenters. The summed E-state index contributed by atoms with van der Waals surface area (Å²) in [6, 6.07) is 5.17. The number of fused-ring (bicyclic) bond motifs is 1. The highest BCUT2D eigenvalue weighted by molar-refractivity contribution is 7.08. The first-order valence-corrected chi connectivity index (χ1v) is 7.29. The number of amides is 2. The summed E-state index contributed by atoms with van der Waals surface area (Å²) in [5.41, 5.74) is 5.70. The fraction of sp³-hybridized carbons (Fsp3) is 0.0667. The van der Waals surface area contributed by atoms with Crippen LogP contribution in [0.2, 0.25) is 0 Å². The van der Waals surface area contributed by atoms with Gasteiger partial charge in [-0.15, -0.1) is 0 Å². The van der Waals surface area contributed by atoms with Crippen LogP contribution in [0.15, 0.2) is 35.0 Å². The van der Waals surface area contributed by atoms with Crippen molar-refractivity contribution in [3.8, 4) is 0 Å². The number of hydrogen-bond acceptors (Lipinski definition) is 5. The van der Waals surface area contributed by atoms with Crippen molar-refractivity contribution in [1.82, 2.24) is 0 Å². The number of benzene rings is 1. The molecule has 2 amide bonds. The van der Waals surface area contributed by atoms with Crippen molar-refractivity contribution in [1.29, 1.82) is 0 Å². The van der Waals surface area contributed by atoms with Gasteiger partial charge in [-0.1, -0.05) is 12.1 Å². The minimum Gasteiger partial charge on any atom is -0.351 e. The molecule has 0 radical (unpaired) electrons. The van der Waals surface area contributed by atoms with Gasteiger partial charge in [0.1, 0.15) is 5.92 Å². The lowest BCUT2D eigenvalue weighted by Crippen LogP contribution is -2.26. The summed E-state index contributed by atoms with van der Waals surface area (Å²) in [7, 11) is 0. The molecule has 3 rings (SSSR count). The Morgan fingerprint density at radius 1 is 1.14 bits per heavy atom. The number of thiophene rings is 1. The molecule has 7 heteroatoms. The molecule has 1 aliphatic carbocycles. The molecule has 1 heterocycles. The molecular weight excluding hydrogens is 304 g/mol. The third kappa shape index (κ3) is 2.11. The number of carbonyl (C=O) groups is 4. The highest BCUT2D eigenvalue weighted by atomic mass is 32.1. The fourth-order valence-electron chi connectivity index (χ4n) is 2.49. The van der Waals surface area contributed by atoms with Crippen LogP contribution < -0.4 is 11.1 Å². The fourth-order valence-corrected chi connectivity index (χ4v) is 3.13. The van der Waals surface area contributed by atoms with E-state index in [0.717, 1.165) is 0 Å². The second-order valence-corrected chi connectivity index (χ2v) is 5.54. The van der Waals surface area contributed by atoms with Crippen molar-refractivity contribution < 1.29 is 19.2 Å². The van der Waals surface area contributed by atoms with Gasteiger partial charge in [-0.25, -0.2) is 4.79 Å². The van der Waals surface area contributed by atoms with E-state index in [1.54, 1.807) is 16.8 Å². The van der Waals surface area contributed by atoms with Gasteiger partial charge in [0.2, 0.25) is 0 Å². The topological polar surface area (TPSA) is 106 Å². The average Bonchev–Trinajstić information content (AvgIpc) is 3.07. The standard InChI is InChI=1S/C15H10N2O4S/c16-15(21)17-9-3-1-2-8-10(9)14(20)11(13(8)19)12(18)7-4-5-22-6-7/h1-6,11H,(H3,16,17,21). The highest BCUT2D eigenvalue weighted by Gasteiger charge is 2.45. The lowest BCUT2D eigenvalue weighted by Gasteiger charge is -2.06. The molecule has 2 aromatic rings. The molecule has 1 unspecified atom stereocenters.